The summed E-state index contributed by atoms with van der Waals surface area (Å²) in [4.78, 5) is 14.2. The van der Waals surface area contributed by atoms with Gasteiger partial charge in [-0.2, -0.15) is 0 Å². The summed E-state index contributed by atoms with van der Waals surface area (Å²) in [6, 6.07) is 0.462. The van der Waals surface area contributed by atoms with E-state index in [4.69, 9.17) is 9.47 Å². The van der Waals surface area contributed by atoms with Gasteiger partial charge in [0.15, 0.2) is 0 Å². The maximum absolute atomic E-state index is 11.8. The summed E-state index contributed by atoms with van der Waals surface area (Å²) in [5.41, 5.74) is -0.532. The third kappa shape index (κ3) is 2.78. The molecule has 2 aliphatic heterocycles. The van der Waals surface area contributed by atoms with Crippen molar-refractivity contribution in [1.29, 1.82) is 0 Å². The van der Waals surface area contributed by atoms with E-state index in [-0.39, 0.29) is 5.97 Å². The summed E-state index contributed by atoms with van der Waals surface area (Å²) < 4.78 is 10.2. The van der Waals surface area contributed by atoms with Gasteiger partial charge in [-0.3, -0.25) is 9.69 Å². The molecule has 1 N–H and O–H groups in total. The van der Waals surface area contributed by atoms with Crippen LogP contribution in [0.1, 0.15) is 19.8 Å². The molecule has 2 atom stereocenters. The number of hydrogen-bond donors (Lipinski definition) is 1. The Labute approximate surface area is 102 Å². The number of methoxy groups -OCH3 is 1. The van der Waals surface area contributed by atoms with Crippen molar-refractivity contribution < 1.29 is 14.3 Å². The van der Waals surface area contributed by atoms with Gasteiger partial charge in [-0.05, 0) is 26.3 Å². The Balaban J connectivity index is 1.98. The highest BCUT2D eigenvalue weighted by atomic mass is 16.5. The van der Waals surface area contributed by atoms with Crippen LogP contribution < -0.4 is 5.32 Å². The predicted octanol–water partition coefficient (Wildman–Crippen LogP) is 0.00230. The van der Waals surface area contributed by atoms with Crippen LogP contribution in [-0.4, -0.2) is 62.4 Å². The van der Waals surface area contributed by atoms with Gasteiger partial charge in [0.2, 0.25) is 0 Å². The summed E-state index contributed by atoms with van der Waals surface area (Å²) in [6.45, 7) is 6.36. The van der Waals surface area contributed by atoms with Crippen molar-refractivity contribution in [3.05, 3.63) is 0 Å². The zero-order chi connectivity index (χ0) is 12.3. The molecule has 0 amide bonds. The summed E-state index contributed by atoms with van der Waals surface area (Å²) in [5, 5.41) is 3.28. The van der Waals surface area contributed by atoms with Crippen LogP contribution in [0, 0.1) is 0 Å². The van der Waals surface area contributed by atoms with Gasteiger partial charge in [-0.1, -0.05) is 0 Å². The second-order valence-corrected chi connectivity index (χ2v) is 5.05. The number of morpholine rings is 1. The molecule has 2 saturated heterocycles. The topological polar surface area (TPSA) is 50.8 Å². The van der Waals surface area contributed by atoms with Gasteiger partial charge < -0.3 is 14.8 Å². The number of nitrogens with zero attached hydrogens (tertiary/aromatic N) is 1. The van der Waals surface area contributed by atoms with Crippen molar-refractivity contribution in [2.24, 2.45) is 0 Å². The molecular formula is C12H22N2O3. The van der Waals surface area contributed by atoms with Crippen LogP contribution >= 0.6 is 0 Å². The molecule has 2 fully saturated rings. The Bertz CT molecular complexity index is 279. The van der Waals surface area contributed by atoms with Crippen molar-refractivity contribution in [3.63, 3.8) is 0 Å². The molecule has 0 unspecified atom stereocenters. The Morgan fingerprint density at radius 2 is 2.18 bits per heavy atom. The Kier molecular flexibility index (Phi) is 4.01. The zero-order valence-corrected chi connectivity index (χ0v) is 10.7. The van der Waals surface area contributed by atoms with E-state index >= 15 is 0 Å². The van der Waals surface area contributed by atoms with E-state index in [9.17, 15) is 4.79 Å². The molecule has 0 aromatic rings. The number of hydrogen-bond acceptors (Lipinski definition) is 5. The fourth-order valence-electron chi connectivity index (χ4n) is 2.80. The normalized spacial score (nSPS) is 35.5. The van der Waals surface area contributed by atoms with E-state index in [0.717, 1.165) is 45.7 Å². The van der Waals surface area contributed by atoms with E-state index in [1.54, 1.807) is 0 Å². The van der Waals surface area contributed by atoms with Crippen molar-refractivity contribution in [2.75, 3.05) is 40.0 Å². The van der Waals surface area contributed by atoms with Gasteiger partial charge in [0.05, 0.1) is 20.3 Å². The highest BCUT2D eigenvalue weighted by molar-refractivity contribution is 5.80. The molecular weight excluding hydrogens is 220 g/mol. The Hall–Kier alpha value is -0.650. The molecule has 2 aliphatic rings. The minimum absolute atomic E-state index is 0.157. The van der Waals surface area contributed by atoms with Crippen molar-refractivity contribution in [2.45, 2.75) is 31.3 Å². The average Bonchev–Trinajstić information content (AvgIpc) is 2.39. The monoisotopic (exact) mass is 242 g/mol. The van der Waals surface area contributed by atoms with Gasteiger partial charge >= 0.3 is 5.97 Å². The molecule has 0 aromatic heterocycles. The first kappa shape index (κ1) is 12.8. The number of carbonyl (C=O) groups excluding carboxylic acids is 1. The number of piperidine rings is 1. The van der Waals surface area contributed by atoms with Crippen LogP contribution in [0.4, 0.5) is 0 Å². The van der Waals surface area contributed by atoms with Crippen LogP contribution in [0.5, 0.6) is 0 Å². The Morgan fingerprint density at radius 3 is 2.82 bits per heavy atom. The van der Waals surface area contributed by atoms with E-state index in [2.05, 4.69) is 10.2 Å². The summed E-state index contributed by atoms with van der Waals surface area (Å²) in [6.07, 6.45) is 1.91. The lowest BCUT2D eigenvalue weighted by atomic mass is 9.86. The van der Waals surface area contributed by atoms with E-state index in [0.29, 0.717) is 6.04 Å². The molecule has 0 radical (unpaired) electrons. The first-order valence-corrected chi connectivity index (χ1v) is 6.31. The van der Waals surface area contributed by atoms with Crippen molar-refractivity contribution in [1.82, 2.24) is 10.2 Å². The summed E-state index contributed by atoms with van der Waals surface area (Å²) >= 11 is 0. The van der Waals surface area contributed by atoms with Crippen LogP contribution in [0.25, 0.3) is 0 Å². The minimum atomic E-state index is -0.532. The molecule has 0 aliphatic carbocycles. The molecule has 0 spiro atoms. The predicted molar refractivity (Wildman–Crippen MR) is 63.8 cm³/mol. The van der Waals surface area contributed by atoms with Crippen molar-refractivity contribution in [3.8, 4) is 0 Å². The van der Waals surface area contributed by atoms with Gasteiger partial charge in [0, 0.05) is 19.1 Å². The van der Waals surface area contributed by atoms with Crippen LogP contribution in [-0.2, 0) is 14.3 Å². The van der Waals surface area contributed by atoms with Gasteiger partial charge in [0.25, 0.3) is 0 Å². The number of ether oxygens (including phenoxy) is 2. The molecule has 17 heavy (non-hydrogen) atoms. The summed E-state index contributed by atoms with van der Waals surface area (Å²) in [5.74, 6) is -0.157. The average molecular weight is 242 g/mol. The highest BCUT2D eigenvalue weighted by Crippen LogP contribution is 2.25. The fraction of sp³-hybridized carbons (Fsp3) is 0.917. The van der Waals surface area contributed by atoms with Gasteiger partial charge in [0.1, 0.15) is 5.54 Å². The quantitative estimate of drug-likeness (QED) is 0.691. The number of carbonyl (C=O) groups is 1. The SMILES string of the molecule is COC(=O)[C@]1(C)C[C@@H](N2CCOCC2)CCN1. The lowest BCUT2D eigenvalue weighted by molar-refractivity contribution is -0.150. The summed E-state index contributed by atoms with van der Waals surface area (Å²) in [7, 11) is 1.45. The van der Waals surface area contributed by atoms with Crippen LogP contribution in [0.15, 0.2) is 0 Å². The molecule has 0 saturated carbocycles. The number of esters is 1. The fourth-order valence-corrected chi connectivity index (χ4v) is 2.80. The van der Waals surface area contributed by atoms with Gasteiger partial charge in [-0.25, -0.2) is 0 Å². The standard InChI is InChI=1S/C12H22N2O3/c1-12(11(15)16-2)9-10(3-4-13-12)14-5-7-17-8-6-14/h10,13H,3-9H2,1-2H3/t10-,12-/m0/s1. The van der Waals surface area contributed by atoms with E-state index in [1.165, 1.54) is 7.11 Å². The molecule has 0 bridgehead atoms. The smallest absolute Gasteiger partial charge is 0.325 e. The maximum atomic E-state index is 11.8. The zero-order valence-electron chi connectivity index (χ0n) is 10.7. The molecule has 5 nitrogen and oxygen atoms in total. The minimum Gasteiger partial charge on any atom is -0.468 e. The Morgan fingerprint density at radius 1 is 1.47 bits per heavy atom. The second-order valence-electron chi connectivity index (χ2n) is 5.05. The first-order valence-electron chi connectivity index (χ1n) is 6.31. The lowest BCUT2D eigenvalue weighted by Gasteiger charge is -2.43. The molecule has 5 heteroatoms. The lowest BCUT2D eigenvalue weighted by Crippen LogP contribution is -2.60. The van der Waals surface area contributed by atoms with E-state index in [1.807, 2.05) is 6.92 Å². The highest BCUT2D eigenvalue weighted by Gasteiger charge is 2.41. The third-order valence-corrected chi connectivity index (χ3v) is 3.83. The largest absolute Gasteiger partial charge is 0.468 e. The number of nitrogens with one attached hydrogen (secondary N) is 1. The van der Waals surface area contributed by atoms with E-state index < -0.39 is 5.54 Å². The molecule has 0 aromatic carbocycles. The van der Waals surface area contributed by atoms with Crippen molar-refractivity contribution >= 4 is 5.97 Å². The van der Waals surface area contributed by atoms with Gasteiger partial charge in [-0.15, -0.1) is 0 Å². The second kappa shape index (κ2) is 5.33. The maximum Gasteiger partial charge on any atom is 0.325 e. The third-order valence-electron chi connectivity index (χ3n) is 3.83. The number of rotatable bonds is 2. The molecule has 2 heterocycles. The first-order chi connectivity index (χ1) is 8.15. The molecule has 2 rings (SSSR count). The molecule has 98 valence electrons. The van der Waals surface area contributed by atoms with Crippen LogP contribution in [0.2, 0.25) is 0 Å². The van der Waals surface area contributed by atoms with Crippen LogP contribution in [0.3, 0.4) is 0 Å².